The van der Waals surface area contributed by atoms with Crippen LogP contribution in [0.5, 0.6) is 5.75 Å². The molecule has 2 N–H and O–H groups in total. The second kappa shape index (κ2) is 6.30. The molecule has 1 rings (SSSR count). The Kier molecular flexibility index (Phi) is 5.35. The van der Waals surface area contributed by atoms with Crippen LogP contribution in [0.15, 0.2) is 12.1 Å². The van der Waals surface area contributed by atoms with Gasteiger partial charge in [0.1, 0.15) is 5.75 Å². The van der Waals surface area contributed by atoms with Gasteiger partial charge in [-0.2, -0.15) is 0 Å². The molecule has 1 atom stereocenters. The van der Waals surface area contributed by atoms with Crippen LogP contribution in [0.25, 0.3) is 0 Å². The molecule has 0 radical (unpaired) electrons. The molecular formula is C11H15Cl2NO2. The summed E-state index contributed by atoms with van der Waals surface area (Å²) in [5.74, 6) is 0.615. The van der Waals surface area contributed by atoms with Gasteiger partial charge in [-0.05, 0) is 19.1 Å². The number of rotatable bonds is 5. The van der Waals surface area contributed by atoms with Gasteiger partial charge < -0.3 is 15.2 Å². The summed E-state index contributed by atoms with van der Waals surface area (Å²) >= 11 is 11.9. The van der Waals surface area contributed by atoms with Gasteiger partial charge in [0.2, 0.25) is 0 Å². The number of benzene rings is 1. The Bertz CT molecular complexity index is 358. The molecular weight excluding hydrogens is 249 g/mol. The predicted octanol–water partition coefficient (Wildman–Crippen LogP) is 2.47. The first-order valence-corrected chi connectivity index (χ1v) is 5.70. The van der Waals surface area contributed by atoms with Crippen molar-refractivity contribution >= 4 is 23.2 Å². The normalized spacial score (nSPS) is 12.6. The SMILES string of the molecule is COc1c(Cl)cc(Cl)cc1CN[C@@H](C)CO. The molecule has 0 aliphatic rings. The molecule has 90 valence electrons. The molecule has 3 nitrogen and oxygen atoms in total. The third kappa shape index (κ3) is 3.52. The van der Waals surface area contributed by atoms with E-state index in [-0.39, 0.29) is 12.6 Å². The first-order valence-electron chi connectivity index (χ1n) is 4.94. The average Bonchev–Trinajstić information content (AvgIpc) is 2.25. The van der Waals surface area contributed by atoms with Crippen LogP contribution in [0.4, 0.5) is 0 Å². The second-order valence-corrected chi connectivity index (χ2v) is 4.39. The molecule has 0 aliphatic carbocycles. The van der Waals surface area contributed by atoms with Gasteiger partial charge in [-0.3, -0.25) is 0 Å². The lowest BCUT2D eigenvalue weighted by Gasteiger charge is -2.14. The highest BCUT2D eigenvalue weighted by atomic mass is 35.5. The fraction of sp³-hybridized carbons (Fsp3) is 0.455. The Hall–Kier alpha value is -0.480. The molecule has 0 fully saturated rings. The zero-order valence-corrected chi connectivity index (χ0v) is 10.8. The molecule has 0 heterocycles. The lowest BCUT2D eigenvalue weighted by atomic mass is 10.2. The summed E-state index contributed by atoms with van der Waals surface area (Å²) in [7, 11) is 1.56. The minimum Gasteiger partial charge on any atom is -0.495 e. The van der Waals surface area contributed by atoms with E-state index in [4.69, 9.17) is 33.0 Å². The van der Waals surface area contributed by atoms with Gasteiger partial charge in [0.05, 0.1) is 18.7 Å². The zero-order chi connectivity index (χ0) is 12.1. The number of hydrogen-bond acceptors (Lipinski definition) is 3. The molecule has 0 aliphatic heterocycles. The van der Waals surface area contributed by atoms with Crippen LogP contribution in [0.1, 0.15) is 12.5 Å². The minimum absolute atomic E-state index is 0.0162. The van der Waals surface area contributed by atoms with Crippen molar-refractivity contribution in [2.24, 2.45) is 0 Å². The standard InChI is InChI=1S/C11H15Cl2NO2/c1-7(6-15)14-5-8-3-9(12)4-10(13)11(8)16-2/h3-4,7,14-15H,5-6H2,1-2H3/t7-/m0/s1. The zero-order valence-electron chi connectivity index (χ0n) is 9.26. The maximum absolute atomic E-state index is 8.90. The summed E-state index contributed by atoms with van der Waals surface area (Å²) in [6.45, 7) is 2.51. The number of aliphatic hydroxyl groups excluding tert-OH is 1. The third-order valence-electron chi connectivity index (χ3n) is 2.20. The number of hydrogen-bond donors (Lipinski definition) is 2. The topological polar surface area (TPSA) is 41.5 Å². The third-order valence-corrected chi connectivity index (χ3v) is 2.70. The predicted molar refractivity (Wildman–Crippen MR) is 66.4 cm³/mol. The first kappa shape index (κ1) is 13.6. The lowest BCUT2D eigenvalue weighted by molar-refractivity contribution is 0.250. The summed E-state index contributed by atoms with van der Waals surface area (Å²) in [5.41, 5.74) is 0.875. The van der Waals surface area contributed by atoms with Crippen LogP contribution >= 0.6 is 23.2 Å². The molecule has 0 aromatic heterocycles. The van der Waals surface area contributed by atoms with E-state index in [1.807, 2.05) is 6.92 Å². The van der Waals surface area contributed by atoms with E-state index in [1.165, 1.54) is 0 Å². The molecule has 16 heavy (non-hydrogen) atoms. The van der Waals surface area contributed by atoms with Gasteiger partial charge in [-0.25, -0.2) is 0 Å². The van der Waals surface area contributed by atoms with E-state index in [9.17, 15) is 0 Å². The highest BCUT2D eigenvalue weighted by molar-refractivity contribution is 6.35. The molecule has 0 saturated carbocycles. The van der Waals surface area contributed by atoms with Crippen molar-refractivity contribution < 1.29 is 9.84 Å². The first-order chi connectivity index (χ1) is 7.58. The van der Waals surface area contributed by atoms with Gasteiger partial charge in [0.25, 0.3) is 0 Å². The molecule has 0 unspecified atom stereocenters. The van der Waals surface area contributed by atoms with Gasteiger partial charge >= 0.3 is 0 Å². The molecule has 0 bridgehead atoms. The number of aliphatic hydroxyl groups is 1. The van der Waals surface area contributed by atoms with Crippen molar-refractivity contribution in [2.45, 2.75) is 19.5 Å². The van der Waals surface area contributed by atoms with Crippen molar-refractivity contribution in [3.05, 3.63) is 27.7 Å². The molecule has 0 amide bonds. The van der Waals surface area contributed by atoms with Crippen molar-refractivity contribution in [3.63, 3.8) is 0 Å². The van der Waals surface area contributed by atoms with Crippen molar-refractivity contribution in [2.75, 3.05) is 13.7 Å². The maximum Gasteiger partial charge on any atom is 0.142 e. The van der Waals surface area contributed by atoms with Crippen LogP contribution in [0.3, 0.4) is 0 Å². The minimum atomic E-state index is 0.0162. The summed E-state index contributed by atoms with van der Waals surface area (Å²) in [4.78, 5) is 0. The van der Waals surface area contributed by atoms with Gasteiger partial charge in [0, 0.05) is 23.2 Å². The Balaban J connectivity index is 2.85. The smallest absolute Gasteiger partial charge is 0.142 e. The summed E-state index contributed by atoms with van der Waals surface area (Å²) in [5, 5.41) is 13.1. The van der Waals surface area contributed by atoms with Gasteiger partial charge in [-0.1, -0.05) is 23.2 Å². The van der Waals surface area contributed by atoms with Crippen LogP contribution in [-0.4, -0.2) is 24.9 Å². The fourth-order valence-electron chi connectivity index (χ4n) is 1.32. The van der Waals surface area contributed by atoms with E-state index < -0.39 is 0 Å². The Morgan fingerprint density at radius 2 is 2.12 bits per heavy atom. The van der Waals surface area contributed by atoms with Gasteiger partial charge in [0.15, 0.2) is 0 Å². The Labute approximate surface area is 105 Å². The summed E-state index contributed by atoms with van der Waals surface area (Å²) in [6, 6.07) is 3.45. The number of halogens is 2. The molecule has 5 heteroatoms. The Morgan fingerprint density at radius 1 is 1.44 bits per heavy atom. The summed E-state index contributed by atoms with van der Waals surface area (Å²) in [6.07, 6.45) is 0. The average molecular weight is 264 g/mol. The van der Waals surface area contributed by atoms with E-state index in [0.717, 1.165) is 5.56 Å². The Morgan fingerprint density at radius 3 is 2.69 bits per heavy atom. The number of ether oxygens (including phenoxy) is 1. The molecule has 0 saturated heterocycles. The van der Waals surface area contributed by atoms with Crippen LogP contribution in [0.2, 0.25) is 10.0 Å². The lowest BCUT2D eigenvalue weighted by Crippen LogP contribution is -2.28. The monoisotopic (exact) mass is 263 g/mol. The van der Waals surface area contributed by atoms with E-state index in [1.54, 1.807) is 19.2 Å². The fourth-order valence-corrected chi connectivity index (χ4v) is 1.94. The van der Waals surface area contributed by atoms with Crippen LogP contribution < -0.4 is 10.1 Å². The quantitative estimate of drug-likeness (QED) is 0.858. The summed E-state index contributed by atoms with van der Waals surface area (Å²) < 4.78 is 5.20. The number of nitrogens with one attached hydrogen (secondary N) is 1. The maximum atomic E-state index is 8.90. The van der Waals surface area contributed by atoms with Crippen molar-refractivity contribution in [1.29, 1.82) is 0 Å². The van der Waals surface area contributed by atoms with E-state index in [2.05, 4.69) is 5.32 Å². The largest absolute Gasteiger partial charge is 0.495 e. The van der Waals surface area contributed by atoms with Crippen molar-refractivity contribution in [3.8, 4) is 5.75 Å². The van der Waals surface area contributed by atoms with E-state index >= 15 is 0 Å². The molecule has 0 spiro atoms. The molecule has 1 aromatic carbocycles. The number of methoxy groups -OCH3 is 1. The van der Waals surface area contributed by atoms with Gasteiger partial charge in [-0.15, -0.1) is 0 Å². The van der Waals surface area contributed by atoms with Crippen LogP contribution in [0, 0.1) is 0 Å². The van der Waals surface area contributed by atoms with Crippen LogP contribution in [-0.2, 0) is 6.54 Å². The second-order valence-electron chi connectivity index (χ2n) is 3.54. The van der Waals surface area contributed by atoms with E-state index in [0.29, 0.717) is 22.3 Å². The molecule has 1 aromatic rings. The highest BCUT2D eigenvalue weighted by Crippen LogP contribution is 2.32. The highest BCUT2D eigenvalue weighted by Gasteiger charge is 2.10. The van der Waals surface area contributed by atoms with Crippen molar-refractivity contribution in [1.82, 2.24) is 5.32 Å².